The third kappa shape index (κ3) is 3.65. The zero-order valence-corrected chi connectivity index (χ0v) is 18.4. The van der Waals surface area contributed by atoms with E-state index in [2.05, 4.69) is 4.57 Å². The van der Waals surface area contributed by atoms with Crippen molar-refractivity contribution in [3.05, 3.63) is 64.1 Å². The maximum atomic E-state index is 12.9. The van der Waals surface area contributed by atoms with Crippen molar-refractivity contribution >= 4 is 18.0 Å². The van der Waals surface area contributed by atoms with Crippen molar-refractivity contribution in [1.29, 1.82) is 0 Å². The number of hydrogen-bond donors (Lipinski definition) is 0. The minimum absolute atomic E-state index is 0.179. The molecule has 6 nitrogen and oxygen atoms in total. The quantitative estimate of drug-likeness (QED) is 0.531. The molecule has 2 aromatic rings. The van der Waals surface area contributed by atoms with Crippen LogP contribution in [-0.4, -0.2) is 41.6 Å². The summed E-state index contributed by atoms with van der Waals surface area (Å²) in [6, 6.07) is 9.91. The molecular formula is C24H28N2O4. The molecule has 1 aromatic carbocycles. The standard InChI is InChI=1S/C24H28N2O4/c1-7-25-17(5)22(24(28)29-6)21(23(25)27)14-18-13-15(3)26(16(18)4)19-9-11-20(12-10-19)30-8-2/h9-14H,7-8H2,1-6H3/b21-14-. The van der Waals surface area contributed by atoms with Crippen molar-refractivity contribution in [3.8, 4) is 11.4 Å². The Morgan fingerprint density at radius 3 is 2.33 bits per heavy atom. The van der Waals surface area contributed by atoms with Gasteiger partial charge >= 0.3 is 5.97 Å². The lowest BCUT2D eigenvalue weighted by molar-refractivity contribution is -0.136. The second-order valence-electron chi connectivity index (χ2n) is 7.15. The van der Waals surface area contributed by atoms with Gasteiger partial charge in [-0.1, -0.05) is 0 Å². The topological polar surface area (TPSA) is 60.8 Å². The van der Waals surface area contributed by atoms with Crippen LogP contribution >= 0.6 is 0 Å². The number of likely N-dealkylation sites (N-methyl/N-ethyl adjacent to an activating group) is 1. The molecule has 0 spiro atoms. The van der Waals surface area contributed by atoms with Gasteiger partial charge < -0.3 is 18.9 Å². The van der Waals surface area contributed by atoms with Gasteiger partial charge in [-0.05, 0) is 76.6 Å². The lowest BCUT2D eigenvalue weighted by Gasteiger charge is -2.14. The maximum absolute atomic E-state index is 12.9. The summed E-state index contributed by atoms with van der Waals surface area (Å²) in [6.07, 6.45) is 1.79. The number of carbonyl (C=O) groups excluding carboxylic acids is 2. The van der Waals surface area contributed by atoms with Crippen molar-refractivity contribution in [2.45, 2.75) is 34.6 Å². The second kappa shape index (κ2) is 8.61. The summed E-state index contributed by atoms with van der Waals surface area (Å²) in [5.74, 6) is 0.148. The van der Waals surface area contributed by atoms with Gasteiger partial charge in [-0.3, -0.25) is 4.79 Å². The molecule has 0 fully saturated rings. The van der Waals surface area contributed by atoms with Crippen molar-refractivity contribution in [3.63, 3.8) is 0 Å². The molecule has 0 bridgehead atoms. The van der Waals surface area contributed by atoms with E-state index < -0.39 is 5.97 Å². The highest BCUT2D eigenvalue weighted by Gasteiger charge is 2.36. The number of ether oxygens (including phenoxy) is 2. The van der Waals surface area contributed by atoms with Crippen LogP contribution in [0.2, 0.25) is 0 Å². The highest BCUT2D eigenvalue weighted by atomic mass is 16.5. The largest absolute Gasteiger partial charge is 0.494 e. The van der Waals surface area contributed by atoms with E-state index in [-0.39, 0.29) is 5.91 Å². The molecule has 6 heteroatoms. The van der Waals surface area contributed by atoms with Crippen LogP contribution in [0.5, 0.6) is 5.75 Å². The van der Waals surface area contributed by atoms with Crippen molar-refractivity contribution in [2.75, 3.05) is 20.3 Å². The van der Waals surface area contributed by atoms with Gasteiger partial charge in [0.2, 0.25) is 0 Å². The first-order chi connectivity index (χ1) is 14.3. The monoisotopic (exact) mass is 408 g/mol. The van der Waals surface area contributed by atoms with Crippen molar-refractivity contribution in [1.82, 2.24) is 9.47 Å². The molecule has 0 N–H and O–H groups in total. The summed E-state index contributed by atoms with van der Waals surface area (Å²) in [6.45, 7) is 10.7. The molecule has 158 valence electrons. The normalized spacial score (nSPS) is 15.3. The van der Waals surface area contributed by atoms with E-state index in [1.807, 2.05) is 58.0 Å². The average molecular weight is 408 g/mol. The fourth-order valence-electron chi connectivity index (χ4n) is 3.95. The first kappa shape index (κ1) is 21.4. The van der Waals surface area contributed by atoms with E-state index in [0.29, 0.717) is 30.0 Å². The fourth-order valence-corrected chi connectivity index (χ4v) is 3.95. The van der Waals surface area contributed by atoms with Gasteiger partial charge in [0, 0.05) is 29.3 Å². The Balaban J connectivity index is 2.07. The number of methoxy groups -OCH3 is 1. The molecule has 0 atom stereocenters. The van der Waals surface area contributed by atoms with Gasteiger partial charge in [0.25, 0.3) is 5.91 Å². The summed E-state index contributed by atoms with van der Waals surface area (Å²) in [4.78, 5) is 26.9. The summed E-state index contributed by atoms with van der Waals surface area (Å²) >= 11 is 0. The van der Waals surface area contributed by atoms with E-state index in [0.717, 1.165) is 28.4 Å². The summed E-state index contributed by atoms with van der Waals surface area (Å²) in [7, 11) is 1.33. The van der Waals surface area contributed by atoms with Crippen LogP contribution in [0.1, 0.15) is 37.7 Å². The van der Waals surface area contributed by atoms with Crippen LogP contribution in [0.4, 0.5) is 0 Å². The number of amides is 1. The molecule has 3 rings (SSSR count). The number of allylic oxidation sites excluding steroid dienone is 1. The third-order valence-electron chi connectivity index (χ3n) is 5.39. The number of aromatic nitrogens is 1. The van der Waals surface area contributed by atoms with Crippen LogP contribution < -0.4 is 4.74 Å². The highest BCUT2D eigenvalue weighted by molar-refractivity contribution is 6.16. The molecular weight excluding hydrogens is 380 g/mol. The Kier molecular flexibility index (Phi) is 6.15. The summed E-state index contributed by atoms with van der Waals surface area (Å²) < 4.78 is 12.6. The van der Waals surface area contributed by atoms with Gasteiger partial charge in [0.15, 0.2) is 0 Å². The molecule has 30 heavy (non-hydrogen) atoms. The minimum atomic E-state index is -0.497. The van der Waals surface area contributed by atoms with Gasteiger partial charge in [-0.25, -0.2) is 4.79 Å². The van der Waals surface area contributed by atoms with Gasteiger partial charge in [0.05, 0.1) is 24.9 Å². The predicted octanol–water partition coefficient (Wildman–Crippen LogP) is 4.19. The van der Waals surface area contributed by atoms with Crippen LogP contribution in [-0.2, 0) is 14.3 Å². The number of esters is 1. The number of aryl methyl sites for hydroxylation is 1. The van der Waals surface area contributed by atoms with E-state index in [1.165, 1.54) is 7.11 Å². The molecule has 0 unspecified atom stereocenters. The first-order valence-electron chi connectivity index (χ1n) is 10.1. The second-order valence-corrected chi connectivity index (χ2v) is 7.15. The van der Waals surface area contributed by atoms with Gasteiger partial charge in [-0.15, -0.1) is 0 Å². The molecule has 0 radical (unpaired) electrons. The first-order valence-corrected chi connectivity index (χ1v) is 10.1. The predicted molar refractivity (Wildman–Crippen MR) is 116 cm³/mol. The zero-order chi connectivity index (χ0) is 22.0. The van der Waals surface area contributed by atoms with Crippen molar-refractivity contribution < 1.29 is 19.1 Å². The average Bonchev–Trinajstić information content (AvgIpc) is 3.14. The number of hydrogen-bond acceptors (Lipinski definition) is 4. The van der Waals surface area contributed by atoms with E-state index in [1.54, 1.807) is 17.9 Å². The van der Waals surface area contributed by atoms with Gasteiger partial charge in [-0.2, -0.15) is 0 Å². The summed E-state index contributed by atoms with van der Waals surface area (Å²) in [5, 5.41) is 0. The van der Waals surface area contributed by atoms with Gasteiger partial charge in [0.1, 0.15) is 5.75 Å². The number of rotatable bonds is 6. The number of carbonyl (C=O) groups is 2. The highest BCUT2D eigenvalue weighted by Crippen LogP contribution is 2.33. The molecule has 2 heterocycles. The maximum Gasteiger partial charge on any atom is 0.340 e. The van der Waals surface area contributed by atoms with Crippen LogP contribution in [0.25, 0.3) is 11.8 Å². The summed E-state index contributed by atoms with van der Waals surface area (Å²) in [5.41, 5.74) is 5.22. The van der Waals surface area contributed by atoms with Crippen LogP contribution in [0, 0.1) is 13.8 Å². The smallest absolute Gasteiger partial charge is 0.340 e. The molecule has 1 aromatic heterocycles. The Bertz CT molecular complexity index is 1040. The molecule has 1 aliphatic rings. The molecule has 1 aliphatic heterocycles. The molecule has 1 amide bonds. The molecule has 0 saturated heterocycles. The Morgan fingerprint density at radius 2 is 1.77 bits per heavy atom. The Hall–Kier alpha value is -3.28. The number of nitrogens with zero attached hydrogens (tertiary/aromatic N) is 2. The lowest BCUT2D eigenvalue weighted by atomic mass is 10.0. The third-order valence-corrected chi connectivity index (χ3v) is 5.39. The Labute approximate surface area is 177 Å². The van der Waals surface area contributed by atoms with Crippen molar-refractivity contribution in [2.24, 2.45) is 0 Å². The van der Waals surface area contributed by atoms with Crippen LogP contribution in [0.3, 0.4) is 0 Å². The van der Waals surface area contributed by atoms with E-state index >= 15 is 0 Å². The van der Waals surface area contributed by atoms with Crippen LogP contribution in [0.15, 0.2) is 47.2 Å². The minimum Gasteiger partial charge on any atom is -0.494 e. The number of benzene rings is 1. The SMILES string of the molecule is CCOc1ccc(-n2c(C)cc(/C=C3\C(=O)N(CC)C(C)=C3C(=O)OC)c2C)cc1. The van der Waals surface area contributed by atoms with E-state index in [9.17, 15) is 9.59 Å². The fraction of sp³-hybridized carbons (Fsp3) is 0.333. The molecule has 0 aliphatic carbocycles. The zero-order valence-electron chi connectivity index (χ0n) is 18.4. The lowest BCUT2D eigenvalue weighted by Crippen LogP contribution is -2.24. The van der Waals surface area contributed by atoms with E-state index in [4.69, 9.17) is 9.47 Å². The Morgan fingerprint density at radius 1 is 1.10 bits per heavy atom. The molecule has 0 saturated carbocycles.